The summed E-state index contributed by atoms with van der Waals surface area (Å²) in [4.78, 5) is 12.8. The molecule has 0 bridgehead atoms. The predicted octanol–water partition coefficient (Wildman–Crippen LogP) is 4.43. The first-order chi connectivity index (χ1) is 15.3. The number of nitrogens with zero attached hydrogens (tertiary/aromatic N) is 2. The molecule has 1 aliphatic rings. The average Bonchev–Trinajstić information content (AvgIpc) is 2.82. The number of fused-ring (bicyclic) bond motifs is 1. The number of benzene rings is 3. The van der Waals surface area contributed by atoms with Crippen LogP contribution in [0.1, 0.15) is 25.3 Å². The van der Waals surface area contributed by atoms with Gasteiger partial charge in [0.25, 0.3) is 0 Å². The van der Waals surface area contributed by atoms with E-state index in [4.69, 9.17) is 11.6 Å². The Bertz CT molecular complexity index is 1270. The second-order valence-electron chi connectivity index (χ2n) is 7.87. The molecule has 1 saturated heterocycles. The van der Waals surface area contributed by atoms with Gasteiger partial charge in [-0.25, -0.2) is 13.8 Å². The smallest absolute Gasteiger partial charge is 0.243 e. The fourth-order valence-corrected chi connectivity index (χ4v) is 5.42. The Morgan fingerprint density at radius 1 is 1.00 bits per heavy atom. The molecule has 1 fully saturated rings. The van der Waals surface area contributed by atoms with E-state index in [-0.39, 0.29) is 29.8 Å². The van der Waals surface area contributed by atoms with E-state index in [2.05, 4.69) is 10.5 Å². The highest BCUT2D eigenvalue weighted by Crippen LogP contribution is 2.25. The van der Waals surface area contributed by atoms with Gasteiger partial charge in [0.15, 0.2) is 0 Å². The zero-order valence-electron chi connectivity index (χ0n) is 17.7. The summed E-state index contributed by atoms with van der Waals surface area (Å²) in [5.41, 5.74) is 4.31. The zero-order chi connectivity index (χ0) is 22.7. The summed E-state index contributed by atoms with van der Waals surface area (Å²) in [5.74, 6) is -0.464. The van der Waals surface area contributed by atoms with Gasteiger partial charge in [-0.15, -0.1) is 0 Å². The minimum atomic E-state index is -3.59. The lowest BCUT2D eigenvalue weighted by Gasteiger charge is -2.30. The number of piperidine rings is 1. The molecule has 3 aromatic carbocycles. The minimum absolute atomic E-state index is 0.186. The van der Waals surface area contributed by atoms with Gasteiger partial charge in [0.1, 0.15) is 0 Å². The van der Waals surface area contributed by atoms with Crippen molar-refractivity contribution in [2.24, 2.45) is 11.0 Å². The summed E-state index contributed by atoms with van der Waals surface area (Å²) < 4.78 is 27.0. The van der Waals surface area contributed by atoms with E-state index in [1.54, 1.807) is 12.1 Å². The van der Waals surface area contributed by atoms with Gasteiger partial charge in [0.05, 0.1) is 10.6 Å². The highest BCUT2D eigenvalue weighted by molar-refractivity contribution is 7.89. The Labute approximate surface area is 192 Å². The molecule has 0 unspecified atom stereocenters. The maximum Gasteiger partial charge on any atom is 0.243 e. The number of amides is 1. The summed E-state index contributed by atoms with van der Waals surface area (Å²) in [6.45, 7) is 2.43. The van der Waals surface area contributed by atoms with Crippen LogP contribution in [0.4, 0.5) is 0 Å². The summed E-state index contributed by atoms with van der Waals surface area (Å²) in [5, 5.41) is 7.02. The topological polar surface area (TPSA) is 78.8 Å². The lowest BCUT2D eigenvalue weighted by Crippen LogP contribution is -2.42. The molecule has 3 aromatic rings. The number of nitrogens with one attached hydrogen (secondary N) is 1. The molecule has 1 aliphatic heterocycles. The number of hydrogen-bond acceptors (Lipinski definition) is 4. The van der Waals surface area contributed by atoms with Gasteiger partial charge in [0, 0.05) is 24.0 Å². The van der Waals surface area contributed by atoms with Gasteiger partial charge in [-0.2, -0.15) is 9.41 Å². The normalized spacial score (nSPS) is 16.2. The van der Waals surface area contributed by atoms with Gasteiger partial charge >= 0.3 is 0 Å². The molecule has 32 heavy (non-hydrogen) atoms. The molecule has 0 atom stereocenters. The number of carbonyl (C=O) groups is 1. The molecule has 0 aliphatic carbocycles. The summed E-state index contributed by atoms with van der Waals surface area (Å²) in [6, 6.07) is 20.2. The molecular weight excluding hydrogens is 446 g/mol. The first-order valence-corrected chi connectivity index (χ1v) is 12.3. The number of carbonyl (C=O) groups excluding carboxylic acids is 1. The van der Waals surface area contributed by atoms with Crippen molar-refractivity contribution in [3.63, 3.8) is 0 Å². The molecule has 0 radical (unpaired) electrons. The number of halogens is 1. The van der Waals surface area contributed by atoms with E-state index in [9.17, 15) is 13.2 Å². The van der Waals surface area contributed by atoms with Crippen LogP contribution in [0.25, 0.3) is 10.8 Å². The number of rotatable bonds is 5. The Hall–Kier alpha value is -2.74. The van der Waals surface area contributed by atoms with Crippen LogP contribution < -0.4 is 5.43 Å². The molecular formula is C24H24ClN3O3S. The first-order valence-electron chi connectivity index (χ1n) is 10.4. The maximum atomic E-state index is 12.8. The Morgan fingerprint density at radius 2 is 1.66 bits per heavy atom. The van der Waals surface area contributed by atoms with Gasteiger partial charge in [0.2, 0.25) is 15.9 Å². The highest BCUT2D eigenvalue weighted by Gasteiger charge is 2.32. The van der Waals surface area contributed by atoms with Gasteiger partial charge in [-0.05, 0) is 66.4 Å². The molecule has 1 amide bonds. The molecule has 8 heteroatoms. The van der Waals surface area contributed by atoms with Crippen molar-refractivity contribution in [1.29, 1.82) is 0 Å². The Kier molecular flexibility index (Phi) is 6.60. The summed E-state index contributed by atoms with van der Waals surface area (Å²) in [6.07, 6.45) is 0.895. The van der Waals surface area contributed by atoms with E-state index in [1.165, 1.54) is 16.4 Å². The van der Waals surface area contributed by atoms with Gasteiger partial charge < -0.3 is 0 Å². The SMILES string of the molecule is C/C(=N/NC(=O)C1CCN(S(=O)(=O)c2ccc(Cl)cc2)CC1)c1ccc2ccccc2c1. The van der Waals surface area contributed by atoms with Crippen LogP contribution in [0.5, 0.6) is 0 Å². The third kappa shape index (κ3) is 4.85. The van der Waals surface area contributed by atoms with Crippen molar-refractivity contribution in [1.82, 2.24) is 9.73 Å². The van der Waals surface area contributed by atoms with Crippen LogP contribution >= 0.6 is 11.6 Å². The van der Waals surface area contributed by atoms with E-state index < -0.39 is 10.0 Å². The van der Waals surface area contributed by atoms with Crippen LogP contribution in [-0.2, 0) is 14.8 Å². The molecule has 166 valence electrons. The van der Waals surface area contributed by atoms with E-state index in [0.717, 1.165) is 16.3 Å². The van der Waals surface area contributed by atoms with Crippen molar-refractivity contribution in [2.75, 3.05) is 13.1 Å². The molecule has 0 spiro atoms. The number of hydrazone groups is 1. The summed E-state index contributed by atoms with van der Waals surface area (Å²) in [7, 11) is -3.59. The summed E-state index contributed by atoms with van der Waals surface area (Å²) >= 11 is 5.85. The van der Waals surface area contributed by atoms with E-state index in [0.29, 0.717) is 23.6 Å². The monoisotopic (exact) mass is 469 g/mol. The van der Waals surface area contributed by atoms with Gasteiger partial charge in [-0.1, -0.05) is 48.0 Å². The minimum Gasteiger partial charge on any atom is -0.273 e. The highest BCUT2D eigenvalue weighted by atomic mass is 35.5. The van der Waals surface area contributed by atoms with Crippen molar-refractivity contribution in [2.45, 2.75) is 24.7 Å². The molecule has 0 aromatic heterocycles. The maximum absolute atomic E-state index is 12.8. The van der Waals surface area contributed by atoms with Crippen molar-refractivity contribution < 1.29 is 13.2 Å². The van der Waals surface area contributed by atoms with Crippen LogP contribution in [0.15, 0.2) is 76.7 Å². The van der Waals surface area contributed by atoms with Gasteiger partial charge in [-0.3, -0.25) is 4.79 Å². The predicted molar refractivity (Wildman–Crippen MR) is 127 cm³/mol. The molecule has 6 nitrogen and oxygen atoms in total. The third-order valence-corrected chi connectivity index (χ3v) is 7.94. The second-order valence-corrected chi connectivity index (χ2v) is 10.2. The molecule has 4 rings (SSSR count). The van der Waals surface area contributed by atoms with Crippen LogP contribution in [0.3, 0.4) is 0 Å². The Balaban J connectivity index is 1.36. The largest absolute Gasteiger partial charge is 0.273 e. The van der Waals surface area contributed by atoms with Crippen LogP contribution in [0, 0.1) is 5.92 Å². The van der Waals surface area contributed by atoms with E-state index >= 15 is 0 Å². The van der Waals surface area contributed by atoms with E-state index in [1.807, 2.05) is 49.4 Å². The molecule has 0 saturated carbocycles. The lowest BCUT2D eigenvalue weighted by atomic mass is 9.98. The van der Waals surface area contributed by atoms with Crippen molar-refractivity contribution in [3.05, 3.63) is 77.3 Å². The average molecular weight is 470 g/mol. The molecule has 1 N–H and O–H groups in total. The fourth-order valence-electron chi connectivity index (χ4n) is 3.82. The molecule has 1 heterocycles. The van der Waals surface area contributed by atoms with Crippen LogP contribution in [-0.4, -0.2) is 37.4 Å². The quantitative estimate of drug-likeness (QED) is 0.443. The second kappa shape index (κ2) is 9.40. The Morgan fingerprint density at radius 3 is 2.34 bits per heavy atom. The lowest BCUT2D eigenvalue weighted by molar-refractivity contribution is -0.126. The fraction of sp³-hybridized carbons (Fsp3) is 0.250. The number of hydrogen-bond donors (Lipinski definition) is 1. The van der Waals surface area contributed by atoms with Crippen LogP contribution in [0.2, 0.25) is 5.02 Å². The van der Waals surface area contributed by atoms with Crippen molar-refractivity contribution >= 4 is 44.0 Å². The zero-order valence-corrected chi connectivity index (χ0v) is 19.2. The standard InChI is InChI=1S/C24H24ClN3O3S/c1-17(20-7-6-18-4-2-3-5-21(18)16-20)26-27-24(29)19-12-14-28(15-13-19)32(30,31)23-10-8-22(25)9-11-23/h2-11,16,19H,12-15H2,1H3,(H,27,29)/b26-17-. The third-order valence-electron chi connectivity index (χ3n) is 5.78. The first kappa shape index (κ1) is 22.5. The number of sulfonamides is 1. The van der Waals surface area contributed by atoms with Crippen molar-refractivity contribution in [3.8, 4) is 0 Å².